The van der Waals surface area contributed by atoms with Gasteiger partial charge in [0.25, 0.3) is 0 Å². The van der Waals surface area contributed by atoms with Crippen molar-refractivity contribution >= 4 is 0 Å². The predicted molar refractivity (Wildman–Crippen MR) is 58.9 cm³/mol. The first-order chi connectivity index (χ1) is 7.81. The van der Waals surface area contributed by atoms with Crippen molar-refractivity contribution < 1.29 is 4.52 Å². The number of hydrogen-bond donors (Lipinski definition) is 1. The van der Waals surface area contributed by atoms with E-state index in [0.717, 1.165) is 6.04 Å². The fourth-order valence-corrected chi connectivity index (χ4v) is 2.37. The van der Waals surface area contributed by atoms with E-state index in [-0.39, 0.29) is 0 Å². The third-order valence-corrected chi connectivity index (χ3v) is 3.39. The van der Waals surface area contributed by atoms with Gasteiger partial charge >= 0.3 is 0 Å². The summed E-state index contributed by atoms with van der Waals surface area (Å²) in [7, 11) is 0. The van der Waals surface area contributed by atoms with Crippen molar-refractivity contribution in [1.29, 1.82) is 0 Å². The van der Waals surface area contributed by atoms with Gasteiger partial charge < -0.3 is 9.84 Å². The van der Waals surface area contributed by atoms with E-state index >= 15 is 0 Å². The van der Waals surface area contributed by atoms with Crippen molar-refractivity contribution in [2.24, 2.45) is 0 Å². The molecule has 1 aliphatic carbocycles. The summed E-state index contributed by atoms with van der Waals surface area (Å²) in [5.41, 5.74) is 0. The Balaban J connectivity index is 1.45. The summed E-state index contributed by atoms with van der Waals surface area (Å²) in [6.07, 6.45) is 4.04. The Labute approximate surface area is 95.2 Å². The van der Waals surface area contributed by atoms with Crippen LogP contribution >= 0.6 is 0 Å². The summed E-state index contributed by atoms with van der Waals surface area (Å²) in [4.78, 5) is 6.78. The average molecular weight is 222 g/mol. The first kappa shape index (κ1) is 10.2. The largest absolute Gasteiger partial charge is 0.338 e. The standard InChI is InChI=1S/C11H18N4O/c1-8-13-11(16-14-8)6-12-9-4-5-15(7-9)10-2-3-10/h9-10,12H,2-7H2,1H3. The number of rotatable bonds is 4. The fraction of sp³-hybridized carbons (Fsp3) is 0.818. The maximum absolute atomic E-state index is 5.07. The van der Waals surface area contributed by atoms with Gasteiger partial charge in [0.2, 0.25) is 5.89 Å². The molecule has 5 nitrogen and oxygen atoms in total. The van der Waals surface area contributed by atoms with Gasteiger partial charge in [-0.15, -0.1) is 0 Å². The van der Waals surface area contributed by atoms with Gasteiger partial charge in [0, 0.05) is 25.2 Å². The van der Waals surface area contributed by atoms with Gasteiger partial charge in [-0.05, 0) is 26.2 Å². The number of aromatic nitrogens is 2. The molecule has 0 bridgehead atoms. The number of aryl methyl sites for hydroxylation is 1. The molecule has 5 heteroatoms. The highest BCUT2D eigenvalue weighted by atomic mass is 16.5. The van der Waals surface area contributed by atoms with E-state index in [1.54, 1.807) is 0 Å². The van der Waals surface area contributed by atoms with Gasteiger partial charge in [0.05, 0.1) is 6.54 Å². The highest BCUT2D eigenvalue weighted by molar-refractivity contribution is 4.92. The highest BCUT2D eigenvalue weighted by Gasteiger charge is 2.34. The van der Waals surface area contributed by atoms with Crippen molar-refractivity contribution in [3.8, 4) is 0 Å². The fourth-order valence-electron chi connectivity index (χ4n) is 2.37. The van der Waals surface area contributed by atoms with Gasteiger partial charge in [-0.1, -0.05) is 5.16 Å². The lowest BCUT2D eigenvalue weighted by Crippen LogP contribution is -2.32. The predicted octanol–water partition coefficient (Wildman–Crippen LogP) is 0.704. The molecule has 2 aliphatic rings. The molecular weight excluding hydrogens is 204 g/mol. The monoisotopic (exact) mass is 222 g/mol. The van der Waals surface area contributed by atoms with Crippen molar-refractivity contribution in [2.45, 2.75) is 44.8 Å². The van der Waals surface area contributed by atoms with Crippen LogP contribution in [0, 0.1) is 6.92 Å². The summed E-state index contributed by atoms with van der Waals surface area (Å²) in [5.74, 6) is 1.41. The van der Waals surface area contributed by atoms with Crippen LogP contribution in [0.5, 0.6) is 0 Å². The molecule has 1 saturated carbocycles. The van der Waals surface area contributed by atoms with Gasteiger partial charge in [-0.25, -0.2) is 0 Å². The van der Waals surface area contributed by atoms with Crippen LogP contribution in [0.25, 0.3) is 0 Å². The second-order valence-corrected chi connectivity index (χ2v) is 4.83. The van der Waals surface area contributed by atoms with E-state index in [9.17, 15) is 0 Å². The van der Waals surface area contributed by atoms with Crippen LogP contribution in [0.2, 0.25) is 0 Å². The van der Waals surface area contributed by atoms with Crippen LogP contribution in [0.4, 0.5) is 0 Å². The lowest BCUT2D eigenvalue weighted by Gasteiger charge is -2.14. The Bertz CT molecular complexity index is 361. The van der Waals surface area contributed by atoms with Crippen LogP contribution in [0.3, 0.4) is 0 Å². The Kier molecular flexibility index (Phi) is 2.65. The minimum atomic E-state index is 0.591. The van der Waals surface area contributed by atoms with E-state index < -0.39 is 0 Å². The Morgan fingerprint density at radius 3 is 3.00 bits per heavy atom. The minimum Gasteiger partial charge on any atom is -0.338 e. The maximum atomic E-state index is 5.07. The van der Waals surface area contributed by atoms with Gasteiger partial charge in [0.1, 0.15) is 0 Å². The number of likely N-dealkylation sites (tertiary alicyclic amines) is 1. The van der Waals surface area contributed by atoms with Crippen molar-refractivity contribution in [1.82, 2.24) is 20.4 Å². The third kappa shape index (κ3) is 2.25. The average Bonchev–Trinajstić information content (AvgIpc) is 2.87. The topological polar surface area (TPSA) is 54.2 Å². The van der Waals surface area contributed by atoms with E-state index in [1.165, 1.54) is 32.4 Å². The van der Waals surface area contributed by atoms with Gasteiger partial charge in [0.15, 0.2) is 5.82 Å². The van der Waals surface area contributed by atoms with E-state index in [0.29, 0.717) is 24.3 Å². The first-order valence-electron chi connectivity index (χ1n) is 6.08. The second kappa shape index (κ2) is 4.14. The molecular formula is C11H18N4O. The molecule has 0 aromatic carbocycles. The van der Waals surface area contributed by atoms with Crippen molar-refractivity contribution in [3.05, 3.63) is 11.7 Å². The number of nitrogens with zero attached hydrogens (tertiary/aromatic N) is 3. The summed E-state index contributed by atoms with van der Waals surface area (Å²) in [6, 6.07) is 1.48. The maximum Gasteiger partial charge on any atom is 0.240 e. The molecule has 1 unspecified atom stereocenters. The number of nitrogens with one attached hydrogen (secondary N) is 1. The lowest BCUT2D eigenvalue weighted by molar-refractivity contribution is 0.311. The molecule has 3 rings (SSSR count). The van der Waals surface area contributed by atoms with Crippen molar-refractivity contribution in [3.63, 3.8) is 0 Å². The SMILES string of the molecule is Cc1noc(CNC2CCN(C3CC3)C2)n1. The molecule has 1 atom stereocenters. The zero-order chi connectivity index (χ0) is 11.0. The molecule has 1 aliphatic heterocycles. The Morgan fingerprint density at radius 1 is 1.44 bits per heavy atom. The smallest absolute Gasteiger partial charge is 0.240 e. The molecule has 0 spiro atoms. The second-order valence-electron chi connectivity index (χ2n) is 4.83. The third-order valence-electron chi connectivity index (χ3n) is 3.39. The van der Waals surface area contributed by atoms with E-state index in [2.05, 4.69) is 20.4 Å². The van der Waals surface area contributed by atoms with E-state index in [1.807, 2.05) is 6.92 Å². The molecule has 2 heterocycles. The molecule has 16 heavy (non-hydrogen) atoms. The molecule has 1 saturated heterocycles. The Hall–Kier alpha value is -0.940. The molecule has 1 aromatic rings. The minimum absolute atomic E-state index is 0.591. The van der Waals surface area contributed by atoms with Crippen LogP contribution in [0.1, 0.15) is 31.0 Å². The lowest BCUT2D eigenvalue weighted by atomic mass is 10.2. The van der Waals surface area contributed by atoms with Crippen LogP contribution in [-0.4, -0.2) is 40.2 Å². The summed E-state index contributed by atoms with van der Waals surface area (Å²) < 4.78 is 5.07. The van der Waals surface area contributed by atoms with Crippen LogP contribution < -0.4 is 5.32 Å². The van der Waals surface area contributed by atoms with Crippen LogP contribution in [0.15, 0.2) is 4.52 Å². The summed E-state index contributed by atoms with van der Waals surface area (Å²) in [6.45, 7) is 4.96. The summed E-state index contributed by atoms with van der Waals surface area (Å²) >= 11 is 0. The zero-order valence-electron chi connectivity index (χ0n) is 9.65. The molecule has 88 valence electrons. The van der Waals surface area contributed by atoms with Crippen molar-refractivity contribution in [2.75, 3.05) is 13.1 Å². The first-order valence-corrected chi connectivity index (χ1v) is 6.08. The highest BCUT2D eigenvalue weighted by Crippen LogP contribution is 2.29. The quantitative estimate of drug-likeness (QED) is 0.813. The summed E-state index contributed by atoms with van der Waals surface area (Å²) in [5, 5.41) is 7.26. The molecule has 2 fully saturated rings. The molecule has 0 amide bonds. The Morgan fingerprint density at radius 2 is 2.31 bits per heavy atom. The molecule has 1 aromatic heterocycles. The molecule has 0 radical (unpaired) electrons. The zero-order valence-corrected chi connectivity index (χ0v) is 9.65. The van der Waals surface area contributed by atoms with Gasteiger partial charge in [-0.2, -0.15) is 4.98 Å². The molecule has 1 N–H and O–H groups in total. The normalized spacial score (nSPS) is 26.4. The van der Waals surface area contributed by atoms with E-state index in [4.69, 9.17) is 4.52 Å². The van der Waals surface area contributed by atoms with Crippen LogP contribution in [-0.2, 0) is 6.54 Å². The van der Waals surface area contributed by atoms with Gasteiger partial charge in [-0.3, -0.25) is 4.90 Å². The number of hydrogen-bond acceptors (Lipinski definition) is 5.